The highest BCUT2D eigenvalue weighted by atomic mass is 32.2. The van der Waals surface area contributed by atoms with Crippen molar-refractivity contribution in [1.29, 1.82) is 0 Å². The van der Waals surface area contributed by atoms with E-state index in [1.165, 1.54) is 14.2 Å². The number of nitrogens with two attached hydrogens (primary N) is 1. The molecule has 2 heterocycles. The Bertz CT molecular complexity index is 1080. The largest absolute Gasteiger partial charge is 0.464 e. The van der Waals surface area contributed by atoms with Crippen molar-refractivity contribution in [3.63, 3.8) is 0 Å². The molecular formula is C29H45N5O8S. The van der Waals surface area contributed by atoms with Crippen molar-refractivity contribution in [3.8, 4) is 0 Å². The summed E-state index contributed by atoms with van der Waals surface area (Å²) in [6.07, 6.45) is -0.169. The molecule has 240 valence electrons. The van der Waals surface area contributed by atoms with Gasteiger partial charge in [0.25, 0.3) is 0 Å². The van der Waals surface area contributed by atoms with Crippen molar-refractivity contribution >= 4 is 23.7 Å². The molecule has 13 nitrogen and oxygen atoms in total. The second kappa shape index (κ2) is 21.9. The lowest BCUT2D eigenvalue weighted by Gasteiger charge is -2.24. The van der Waals surface area contributed by atoms with Crippen LogP contribution in [0.3, 0.4) is 0 Å². The lowest BCUT2D eigenvalue weighted by molar-refractivity contribution is -0.0175. The maximum Gasteiger partial charge on any atom is 0.356 e. The zero-order chi connectivity index (χ0) is 31.3. The minimum atomic E-state index is -0.499. The number of nitrogens with zero attached hydrogens (tertiary/aromatic N) is 4. The highest BCUT2D eigenvalue weighted by Gasteiger charge is 2.15. The molecule has 0 aliphatic rings. The molecule has 14 heteroatoms. The third kappa shape index (κ3) is 14.6. The van der Waals surface area contributed by atoms with E-state index in [1.54, 1.807) is 36.0 Å². The van der Waals surface area contributed by atoms with Gasteiger partial charge in [0.15, 0.2) is 0 Å². The van der Waals surface area contributed by atoms with Gasteiger partial charge in [0.1, 0.15) is 11.4 Å². The highest BCUT2D eigenvalue weighted by Crippen LogP contribution is 2.10. The van der Waals surface area contributed by atoms with Gasteiger partial charge in [0, 0.05) is 57.3 Å². The molecular weight excluding hydrogens is 578 g/mol. The first-order valence-electron chi connectivity index (χ1n) is 14.2. The van der Waals surface area contributed by atoms with Gasteiger partial charge >= 0.3 is 11.9 Å². The number of aromatic nitrogens is 2. The lowest BCUT2D eigenvalue weighted by atomic mass is 10.3. The maximum absolute atomic E-state index is 11.8. The van der Waals surface area contributed by atoms with E-state index in [1.807, 2.05) is 21.9 Å². The Balaban J connectivity index is 1.87. The molecule has 0 radical (unpaired) electrons. The van der Waals surface area contributed by atoms with Crippen molar-refractivity contribution in [1.82, 2.24) is 19.8 Å². The average molecular weight is 624 g/mol. The molecule has 0 fully saturated rings. The van der Waals surface area contributed by atoms with Crippen LogP contribution < -0.4 is 5.73 Å². The number of esters is 2. The second-order valence-corrected chi connectivity index (χ2v) is 10.6. The van der Waals surface area contributed by atoms with Crippen molar-refractivity contribution < 1.29 is 38.7 Å². The minimum absolute atomic E-state index is 0.0228. The van der Waals surface area contributed by atoms with Gasteiger partial charge in [-0.15, -0.1) is 0 Å². The Morgan fingerprint density at radius 3 is 1.88 bits per heavy atom. The van der Waals surface area contributed by atoms with E-state index in [-0.39, 0.29) is 30.7 Å². The van der Waals surface area contributed by atoms with Crippen LogP contribution in [0.1, 0.15) is 32.4 Å². The van der Waals surface area contributed by atoms with E-state index in [0.29, 0.717) is 82.8 Å². The Hall–Kier alpha value is -2.69. The Kier molecular flexibility index (Phi) is 18.6. The van der Waals surface area contributed by atoms with E-state index in [0.717, 1.165) is 5.75 Å². The number of hydrogen-bond acceptors (Lipinski definition) is 14. The normalized spacial score (nSPS) is 12.1. The molecule has 2 rings (SSSR count). The summed E-state index contributed by atoms with van der Waals surface area (Å²) in [4.78, 5) is 36.3. The molecule has 0 aliphatic heterocycles. The quantitative estimate of drug-likeness (QED) is 0.115. The number of aliphatic hydroxyl groups is 2. The van der Waals surface area contributed by atoms with Crippen LogP contribution in [0.25, 0.3) is 0 Å². The monoisotopic (exact) mass is 623 g/mol. The van der Waals surface area contributed by atoms with Gasteiger partial charge < -0.3 is 34.9 Å². The van der Waals surface area contributed by atoms with Crippen LogP contribution in [0.15, 0.2) is 36.4 Å². The third-order valence-corrected chi connectivity index (χ3v) is 7.32. The van der Waals surface area contributed by atoms with Crippen molar-refractivity contribution in [3.05, 3.63) is 59.2 Å². The molecule has 2 aromatic heterocycles. The first-order chi connectivity index (χ1) is 20.9. The Morgan fingerprint density at radius 2 is 1.40 bits per heavy atom. The average Bonchev–Trinajstić information content (AvgIpc) is 3.02. The fourth-order valence-electron chi connectivity index (χ4n) is 4.05. The number of thioether (sulfide) groups is 1. The summed E-state index contributed by atoms with van der Waals surface area (Å²) in [6, 6.07) is 10.3. The van der Waals surface area contributed by atoms with Crippen LogP contribution in [-0.4, -0.2) is 140 Å². The molecule has 0 aromatic carbocycles. The maximum atomic E-state index is 11.8. The van der Waals surface area contributed by atoms with E-state index < -0.39 is 11.9 Å². The highest BCUT2D eigenvalue weighted by molar-refractivity contribution is 7.99. The molecule has 0 amide bonds. The summed E-state index contributed by atoms with van der Waals surface area (Å²) in [6.45, 7) is 4.56. The van der Waals surface area contributed by atoms with Crippen LogP contribution in [-0.2, 0) is 32.0 Å². The second-order valence-electron chi connectivity index (χ2n) is 9.44. The predicted molar refractivity (Wildman–Crippen MR) is 163 cm³/mol. The fourth-order valence-corrected chi connectivity index (χ4v) is 4.84. The molecule has 4 N–H and O–H groups in total. The van der Waals surface area contributed by atoms with Gasteiger partial charge in [-0.05, 0) is 24.3 Å². The van der Waals surface area contributed by atoms with Crippen LogP contribution in [0, 0.1) is 0 Å². The summed E-state index contributed by atoms with van der Waals surface area (Å²) in [5, 5.41) is 19.1. The summed E-state index contributed by atoms with van der Waals surface area (Å²) in [5.41, 5.74) is 7.51. The van der Waals surface area contributed by atoms with Crippen molar-refractivity contribution in [2.24, 2.45) is 5.73 Å². The van der Waals surface area contributed by atoms with E-state index in [4.69, 9.17) is 24.7 Å². The van der Waals surface area contributed by atoms with Crippen molar-refractivity contribution in [2.45, 2.75) is 19.2 Å². The molecule has 0 saturated heterocycles. The van der Waals surface area contributed by atoms with Gasteiger partial charge in [-0.2, -0.15) is 11.8 Å². The standard InChI is InChI=1S/C29H45N5O8S/c1-39-28(37)26-7-3-5-23(31-26)19-33(10-14-35)12-16-41-21-25(22-43-18-9-30)42-17-13-34(11-15-36)20-24-6-4-8-27(32-24)29(38)40-2/h3-8,25,35-36H,9-22,30H2,1-2H3/t25-/m0/s1. The summed E-state index contributed by atoms with van der Waals surface area (Å²) >= 11 is 1.69. The lowest BCUT2D eigenvalue weighted by Crippen LogP contribution is -2.34. The minimum Gasteiger partial charge on any atom is -0.464 e. The first-order valence-corrected chi connectivity index (χ1v) is 15.3. The number of ether oxygens (including phenoxy) is 4. The number of hydrogen-bond donors (Lipinski definition) is 3. The summed E-state index contributed by atoms with van der Waals surface area (Å²) in [5.74, 6) is 0.521. The number of methoxy groups -OCH3 is 2. The molecule has 0 saturated carbocycles. The molecule has 0 unspecified atom stereocenters. The van der Waals surface area contributed by atoms with Gasteiger partial charge in [-0.3, -0.25) is 9.80 Å². The Morgan fingerprint density at radius 1 is 0.860 bits per heavy atom. The molecule has 0 spiro atoms. The van der Waals surface area contributed by atoms with Crippen molar-refractivity contribution in [2.75, 3.05) is 91.5 Å². The molecule has 43 heavy (non-hydrogen) atoms. The van der Waals surface area contributed by atoms with E-state index in [2.05, 4.69) is 9.97 Å². The van der Waals surface area contributed by atoms with E-state index in [9.17, 15) is 19.8 Å². The number of pyridine rings is 2. The fraction of sp³-hybridized carbons (Fsp3) is 0.586. The number of rotatable bonds is 23. The van der Waals surface area contributed by atoms with Crippen LogP contribution in [0.5, 0.6) is 0 Å². The zero-order valence-electron chi connectivity index (χ0n) is 25.1. The zero-order valence-corrected chi connectivity index (χ0v) is 25.9. The molecule has 2 aromatic rings. The van der Waals surface area contributed by atoms with Crippen LogP contribution in [0.4, 0.5) is 0 Å². The molecule has 0 bridgehead atoms. The number of aliphatic hydroxyl groups excluding tert-OH is 2. The smallest absolute Gasteiger partial charge is 0.356 e. The topological polar surface area (TPSA) is 170 Å². The third-order valence-electron chi connectivity index (χ3n) is 6.19. The first kappa shape index (κ1) is 36.5. The summed E-state index contributed by atoms with van der Waals surface area (Å²) in [7, 11) is 2.63. The predicted octanol–water partition coefficient (Wildman–Crippen LogP) is 0.432. The SMILES string of the molecule is COC(=O)c1cccc(CN(CCO)CCOC[C@@H](CSCCN)OCCN(CCO)Cc2cccc(C(=O)OC)n2)n1. The number of carbonyl (C=O) groups excluding carboxylic acids is 2. The van der Waals surface area contributed by atoms with Crippen LogP contribution in [0.2, 0.25) is 0 Å². The van der Waals surface area contributed by atoms with Gasteiger partial charge in [0.05, 0.1) is 64.7 Å². The summed E-state index contributed by atoms with van der Waals surface area (Å²) < 4.78 is 21.6. The van der Waals surface area contributed by atoms with Gasteiger partial charge in [-0.25, -0.2) is 19.6 Å². The molecule has 0 aliphatic carbocycles. The molecule has 1 atom stereocenters. The van der Waals surface area contributed by atoms with Crippen LogP contribution >= 0.6 is 11.8 Å². The van der Waals surface area contributed by atoms with Gasteiger partial charge in [0.2, 0.25) is 0 Å². The number of carbonyl (C=O) groups is 2. The van der Waals surface area contributed by atoms with Gasteiger partial charge in [-0.1, -0.05) is 12.1 Å². The Labute approximate surface area is 257 Å². The van der Waals surface area contributed by atoms with E-state index >= 15 is 0 Å².